The molecule has 1 aromatic carbocycles. The van der Waals surface area contributed by atoms with Crippen LogP contribution < -0.4 is 5.73 Å². The van der Waals surface area contributed by atoms with E-state index in [1.54, 1.807) is 20.8 Å². The van der Waals surface area contributed by atoms with Gasteiger partial charge in [0.05, 0.1) is 5.56 Å². The molecule has 0 bridgehead atoms. The second kappa shape index (κ2) is 7.21. The smallest absolute Gasteiger partial charge is 0.416 e. The summed E-state index contributed by atoms with van der Waals surface area (Å²) in [4.78, 5) is 23.3. The predicted molar refractivity (Wildman–Crippen MR) is 80.1 cm³/mol. The molecule has 8 heteroatoms. The highest BCUT2D eigenvalue weighted by Gasteiger charge is 2.38. The Hall–Kier alpha value is -2.09. The van der Waals surface area contributed by atoms with Crippen molar-refractivity contribution < 1.29 is 32.6 Å². The van der Waals surface area contributed by atoms with Crippen LogP contribution in [0.2, 0.25) is 0 Å². The van der Waals surface area contributed by atoms with Crippen molar-refractivity contribution in [3.05, 3.63) is 35.4 Å². The summed E-state index contributed by atoms with van der Waals surface area (Å²) in [5.74, 6) is -4.38. The normalized spacial score (nSPS) is 14.8. The van der Waals surface area contributed by atoms with E-state index in [0.717, 1.165) is 6.07 Å². The highest BCUT2D eigenvalue weighted by Crippen LogP contribution is 2.32. The molecule has 0 aliphatic carbocycles. The van der Waals surface area contributed by atoms with Crippen molar-refractivity contribution in [2.45, 2.75) is 45.0 Å². The topological polar surface area (TPSA) is 89.6 Å². The van der Waals surface area contributed by atoms with Gasteiger partial charge in [0.25, 0.3) is 0 Å². The van der Waals surface area contributed by atoms with Crippen molar-refractivity contribution in [3.63, 3.8) is 0 Å². The first kappa shape index (κ1) is 20.0. The summed E-state index contributed by atoms with van der Waals surface area (Å²) >= 11 is 0. The molecule has 0 saturated heterocycles. The zero-order valence-corrected chi connectivity index (χ0v) is 13.6. The van der Waals surface area contributed by atoms with E-state index in [0.29, 0.717) is 0 Å². The molecule has 1 rings (SSSR count). The van der Waals surface area contributed by atoms with Gasteiger partial charge in [-0.25, -0.2) is 0 Å². The lowest BCUT2D eigenvalue weighted by Crippen LogP contribution is -2.45. The van der Waals surface area contributed by atoms with Crippen LogP contribution in [0.3, 0.4) is 0 Å². The molecule has 1 aromatic rings. The number of carboxylic acids is 1. The third-order valence-electron chi connectivity index (χ3n) is 3.13. The summed E-state index contributed by atoms with van der Waals surface area (Å²) in [6.45, 7) is 4.65. The second-order valence-corrected chi connectivity index (χ2v) is 6.37. The SMILES string of the molecule is CC(C)(C)OC(=O)[C@H](C(=O)O)[C@@H](N)Cc1ccccc1C(F)(F)F. The van der Waals surface area contributed by atoms with E-state index in [4.69, 9.17) is 10.5 Å². The number of aliphatic carboxylic acids is 1. The van der Waals surface area contributed by atoms with Crippen LogP contribution in [0.25, 0.3) is 0 Å². The van der Waals surface area contributed by atoms with E-state index < -0.39 is 47.7 Å². The maximum atomic E-state index is 13.0. The molecule has 0 aliphatic heterocycles. The summed E-state index contributed by atoms with van der Waals surface area (Å²) in [5, 5.41) is 9.22. The highest BCUT2D eigenvalue weighted by molar-refractivity contribution is 5.95. The Morgan fingerprint density at radius 3 is 2.21 bits per heavy atom. The van der Waals surface area contributed by atoms with E-state index in [1.165, 1.54) is 18.2 Å². The number of hydrogen-bond donors (Lipinski definition) is 2. The molecule has 0 radical (unpaired) electrons. The molecule has 3 N–H and O–H groups in total. The average molecular weight is 347 g/mol. The van der Waals surface area contributed by atoms with Crippen LogP contribution in [-0.2, 0) is 26.9 Å². The van der Waals surface area contributed by atoms with Crippen LogP contribution in [0, 0.1) is 5.92 Å². The number of benzene rings is 1. The summed E-state index contributed by atoms with van der Waals surface area (Å²) in [5.41, 5.74) is 3.72. The number of halogens is 3. The Labute approximate surface area is 137 Å². The minimum atomic E-state index is -4.60. The van der Waals surface area contributed by atoms with Crippen molar-refractivity contribution in [3.8, 4) is 0 Å². The molecular formula is C16H20F3NO4. The number of carbonyl (C=O) groups is 2. The number of alkyl halides is 3. The molecule has 5 nitrogen and oxygen atoms in total. The first-order chi connectivity index (χ1) is 10.8. The Morgan fingerprint density at radius 1 is 1.21 bits per heavy atom. The number of esters is 1. The van der Waals surface area contributed by atoms with E-state index in [1.807, 2.05) is 0 Å². The second-order valence-electron chi connectivity index (χ2n) is 6.37. The molecule has 0 unspecified atom stereocenters. The third-order valence-corrected chi connectivity index (χ3v) is 3.13. The van der Waals surface area contributed by atoms with Crippen molar-refractivity contribution >= 4 is 11.9 Å². The lowest BCUT2D eigenvalue weighted by Gasteiger charge is -2.25. The fourth-order valence-electron chi connectivity index (χ4n) is 2.17. The van der Waals surface area contributed by atoms with Crippen molar-refractivity contribution in [1.29, 1.82) is 0 Å². The third kappa shape index (κ3) is 5.52. The number of ether oxygens (including phenoxy) is 1. The van der Waals surface area contributed by atoms with Gasteiger partial charge in [-0.05, 0) is 38.8 Å². The summed E-state index contributed by atoms with van der Waals surface area (Å²) in [6.07, 6.45) is -5.02. The molecule has 0 aliphatic rings. The summed E-state index contributed by atoms with van der Waals surface area (Å²) < 4.78 is 44.0. The van der Waals surface area contributed by atoms with Crippen molar-refractivity contribution in [2.75, 3.05) is 0 Å². The van der Waals surface area contributed by atoms with Gasteiger partial charge in [0.2, 0.25) is 0 Å². The number of hydrogen-bond acceptors (Lipinski definition) is 4. The van der Waals surface area contributed by atoms with Crippen molar-refractivity contribution in [2.24, 2.45) is 11.7 Å². The van der Waals surface area contributed by atoms with E-state index >= 15 is 0 Å². The van der Waals surface area contributed by atoms with Gasteiger partial charge in [-0.15, -0.1) is 0 Å². The monoisotopic (exact) mass is 347 g/mol. The molecule has 0 aromatic heterocycles. The van der Waals surface area contributed by atoms with Gasteiger partial charge in [-0.2, -0.15) is 13.2 Å². The van der Waals surface area contributed by atoms with E-state index in [2.05, 4.69) is 0 Å². The Balaban J connectivity index is 3.05. The Morgan fingerprint density at radius 2 is 1.75 bits per heavy atom. The first-order valence-corrected chi connectivity index (χ1v) is 7.19. The molecule has 0 spiro atoms. The fourth-order valence-corrected chi connectivity index (χ4v) is 2.17. The summed E-state index contributed by atoms with van der Waals surface area (Å²) in [7, 11) is 0. The lowest BCUT2D eigenvalue weighted by atomic mass is 9.91. The zero-order chi connectivity index (χ0) is 18.7. The van der Waals surface area contributed by atoms with Gasteiger partial charge in [-0.1, -0.05) is 18.2 Å². The maximum absolute atomic E-state index is 13.0. The molecule has 2 atom stereocenters. The molecule has 24 heavy (non-hydrogen) atoms. The largest absolute Gasteiger partial charge is 0.481 e. The number of rotatable bonds is 5. The quantitative estimate of drug-likeness (QED) is 0.631. The van der Waals surface area contributed by atoms with E-state index in [9.17, 15) is 27.9 Å². The minimum Gasteiger partial charge on any atom is -0.481 e. The van der Waals surface area contributed by atoms with Crippen LogP contribution >= 0.6 is 0 Å². The molecule has 0 fully saturated rings. The molecular weight excluding hydrogens is 327 g/mol. The number of nitrogens with two attached hydrogens (primary N) is 1. The molecule has 134 valence electrons. The van der Waals surface area contributed by atoms with Crippen LogP contribution in [-0.4, -0.2) is 28.7 Å². The Bertz CT molecular complexity index is 608. The van der Waals surface area contributed by atoms with Crippen LogP contribution in [0.4, 0.5) is 13.2 Å². The van der Waals surface area contributed by atoms with Crippen LogP contribution in [0.5, 0.6) is 0 Å². The highest BCUT2D eigenvalue weighted by atomic mass is 19.4. The summed E-state index contributed by atoms with van der Waals surface area (Å²) in [6, 6.07) is 3.34. The van der Waals surface area contributed by atoms with Gasteiger partial charge in [0, 0.05) is 6.04 Å². The standard InChI is InChI=1S/C16H20F3NO4/c1-15(2,3)24-14(23)12(13(21)22)11(20)8-9-6-4-5-7-10(9)16(17,18)19/h4-7,11-12H,8,20H2,1-3H3,(H,21,22)/t11-,12-/m0/s1. The number of carboxylic acid groups (broad SMARTS) is 1. The van der Waals surface area contributed by atoms with Gasteiger partial charge in [0.1, 0.15) is 5.60 Å². The number of carbonyl (C=O) groups excluding carboxylic acids is 1. The van der Waals surface area contributed by atoms with Crippen LogP contribution in [0.1, 0.15) is 31.9 Å². The predicted octanol–water partition coefficient (Wildman–Crippen LogP) is 2.62. The minimum absolute atomic E-state index is 0.174. The molecule has 0 saturated carbocycles. The fraction of sp³-hybridized carbons (Fsp3) is 0.500. The maximum Gasteiger partial charge on any atom is 0.416 e. The van der Waals surface area contributed by atoms with Gasteiger partial charge < -0.3 is 15.6 Å². The van der Waals surface area contributed by atoms with Gasteiger partial charge in [0.15, 0.2) is 5.92 Å². The first-order valence-electron chi connectivity index (χ1n) is 7.19. The van der Waals surface area contributed by atoms with Gasteiger partial charge >= 0.3 is 18.1 Å². The lowest BCUT2D eigenvalue weighted by molar-refractivity contribution is -0.167. The molecule has 0 amide bonds. The molecule has 0 heterocycles. The zero-order valence-electron chi connectivity index (χ0n) is 13.6. The van der Waals surface area contributed by atoms with Crippen LogP contribution in [0.15, 0.2) is 24.3 Å². The van der Waals surface area contributed by atoms with Gasteiger partial charge in [-0.3, -0.25) is 9.59 Å². The van der Waals surface area contributed by atoms with E-state index in [-0.39, 0.29) is 5.56 Å². The average Bonchev–Trinajstić information content (AvgIpc) is 2.35. The van der Waals surface area contributed by atoms with Crippen molar-refractivity contribution in [1.82, 2.24) is 0 Å². The Kier molecular flexibility index (Phi) is 5.99.